The van der Waals surface area contributed by atoms with E-state index in [1.807, 2.05) is 0 Å². The van der Waals surface area contributed by atoms with Crippen molar-refractivity contribution in [2.24, 2.45) is 0 Å². The van der Waals surface area contributed by atoms with Crippen molar-refractivity contribution in [2.45, 2.75) is 38.4 Å². The van der Waals surface area contributed by atoms with Crippen LogP contribution in [0.3, 0.4) is 0 Å². The topological polar surface area (TPSA) is 77.7 Å². The van der Waals surface area contributed by atoms with Crippen molar-refractivity contribution in [3.8, 4) is 5.75 Å². The van der Waals surface area contributed by atoms with Gasteiger partial charge in [-0.15, -0.1) is 0 Å². The predicted molar refractivity (Wildman–Crippen MR) is 83.5 cm³/mol. The number of rotatable bonds is 2. The number of carbonyl (C=O) groups is 1. The first-order valence-corrected chi connectivity index (χ1v) is 7.71. The highest BCUT2D eigenvalue weighted by Gasteiger charge is 2.52. The van der Waals surface area contributed by atoms with E-state index in [9.17, 15) is 13.6 Å². The lowest BCUT2D eigenvalue weighted by Gasteiger charge is -2.24. The molecular weight excluding hydrogens is 376 g/mol. The molecule has 6 nitrogen and oxygen atoms in total. The summed E-state index contributed by atoms with van der Waals surface area (Å²) in [7, 11) is 0. The second kappa shape index (κ2) is 6.10. The Hall–Kier alpha value is -1.64. The maximum absolute atomic E-state index is 14.1. The van der Waals surface area contributed by atoms with E-state index in [2.05, 4.69) is 20.9 Å². The van der Waals surface area contributed by atoms with E-state index in [1.165, 1.54) is 12.3 Å². The summed E-state index contributed by atoms with van der Waals surface area (Å²) in [5, 5.41) is 0. The van der Waals surface area contributed by atoms with E-state index < -0.39 is 30.3 Å². The molecule has 2 N–H and O–H groups in total. The lowest BCUT2D eigenvalue weighted by atomic mass is 10.2. The molecule has 2 rings (SSSR count). The van der Waals surface area contributed by atoms with E-state index in [0.29, 0.717) is 4.47 Å². The third-order valence-electron chi connectivity index (χ3n) is 3.03. The summed E-state index contributed by atoms with van der Waals surface area (Å²) in [6.07, 6.45) is -0.890. The number of carbonyl (C=O) groups excluding carboxylic acids is 1. The molecular formula is C14H18BrF2N3O3. The largest absolute Gasteiger partial charge is 0.478 e. The Balaban J connectivity index is 2.11. The number of anilines is 1. The molecule has 1 aromatic rings. The van der Waals surface area contributed by atoms with Gasteiger partial charge in [0.15, 0.2) is 17.7 Å². The molecule has 1 saturated heterocycles. The first-order valence-electron chi connectivity index (χ1n) is 6.91. The summed E-state index contributed by atoms with van der Waals surface area (Å²) in [4.78, 5) is 16.7. The normalized spacial score (nSPS) is 20.4. The number of nitrogens with two attached hydrogens (primary N) is 1. The van der Waals surface area contributed by atoms with Gasteiger partial charge in [0.2, 0.25) is 0 Å². The highest BCUT2D eigenvalue weighted by atomic mass is 79.9. The van der Waals surface area contributed by atoms with Crippen LogP contribution in [0.1, 0.15) is 20.8 Å². The van der Waals surface area contributed by atoms with Crippen molar-refractivity contribution in [1.29, 1.82) is 0 Å². The molecule has 0 spiro atoms. The molecule has 1 aliphatic heterocycles. The Labute approximate surface area is 141 Å². The van der Waals surface area contributed by atoms with Gasteiger partial charge in [-0.1, -0.05) is 0 Å². The number of hydrogen-bond acceptors (Lipinski definition) is 5. The number of alkyl halides is 2. The van der Waals surface area contributed by atoms with Gasteiger partial charge < -0.3 is 15.2 Å². The van der Waals surface area contributed by atoms with E-state index >= 15 is 0 Å². The maximum Gasteiger partial charge on any atom is 0.410 e. The van der Waals surface area contributed by atoms with Crippen LogP contribution in [0.5, 0.6) is 5.75 Å². The average Bonchev–Trinajstić information content (AvgIpc) is 2.68. The van der Waals surface area contributed by atoms with Gasteiger partial charge in [-0.25, -0.2) is 18.6 Å². The summed E-state index contributed by atoms with van der Waals surface area (Å²) in [5.74, 6) is -3.18. The molecule has 9 heteroatoms. The fraction of sp³-hybridized carbons (Fsp3) is 0.571. The number of pyridine rings is 1. The van der Waals surface area contributed by atoms with Crippen LogP contribution in [-0.4, -0.2) is 46.7 Å². The average molecular weight is 394 g/mol. The van der Waals surface area contributed by atoms with Crippen LogP contribution in [0.2, 0.25) is 0 Å². The molecule has 1 aliphatic rings. The molecule has 23 heavy (non-hydrogen) atoms. The van der Waals surface area contributed by atoms with Gasteiger partial charge in [-0.05, 0) is 42.8 Å². The quantitative estimate of drug-likeness (QED) is 0.835. The van der Waals surface area contributed by atoms with Crippen molar-refractivity contribution < 1.29 is 23.0 Å². The van der Waals surface area contributed by atoms with Gasteiger partial charge in [0.05, 0.1) is 13.1 Å². The maximum atomic E-state index is 14.1. The van der Waals surface area contributed by atoms with Crippen molar-refractivity contribution in [3.05, 3.63) is 16.7 Å². The van der Waals surface area contributed by atoms with Crippen LogP contribution in [0.4, 0.5) is 19.4 Å². The Morgan fingerprint density at radius 1 is 1.52 bits per heavy atom. The third kappa shape index (κ3) is 4.43. The molecule has 2 heterocycles. The zero-order valence-corrected chi connectivity index (χ0v) is 14.6. The number of halogens is 3. The lowest BCUT2D eigenvalue weighted by Crippen LogP contribution is -2.36. The molecule has 1 fully saturated rings. The molecule has 0 radical (unpaired) electrons. The van der Waals surface area contributed by atoms with Crippen LogP contribution in [0.25, 0.3) is 0 Å². The summed E-state index contributed by atoms with van der Waals surface area (Å²) in [5.41, 5.74) is 4.87. The minimum Gasteiger partial charge on any atom is -0.478 e. The Kier molecular flexibility index (Phi) is 4.70. The second-order valence-corrected chi connectivity index (χ2v) is 7.18. The minimum atomic E-state index is -3.22. The van der Waals surface area contributed by atoms with Gasteiger partial charge in [-0.3, -0.25) is 4.90 Å². The summed E-state index contributed by atoms with van der Waals surface area (Å²) in [6, 6.07) is 1.45. The molecule has 128 valence electrons. The van der Waals surface area contributed by atoms with E-state index in [-0.39, 0.29) is 18.1 Å². The van der Waals surface area contributed by atoms with Gasteiger partial charge in [0.1, 0.15) is 5.60 Å². The Bertz CT molecular complexity index is 607. The number of aromatic nitrogens is 1. The molecule has 0 aliphatic carbocycles. The number of hydrogen-bond donors (Lipinski definition) is 1. The number of nitrogen functional groups attached to an aromatic ring is 1. The standard InChI is InChI=1S/C14H18BrF2N3O3/c1-13(2,3)23-12(21)20-6-10(14(16,17)7-20)22-9-4-8(15)5-19-11(9)18/h4-5,10H,6-7H2,1-3H3,(H2,18,19)/t10-/m0/s1. The van der Waals surface area contributed by atoms with Gasteiger partial charge >= 0.3 is 12.0 Å². The van der Waals surface area contributed by atoms with Gasteiger partial charge in [0, 0.05) is 10.7 Å². The van der Waals surface area contributed by atoms with Crippen molar-refractivity contribution >= 4 is 27.8 Å². The number of nitrogens with zero attached hydrogens (tertiary/aromatic N) is 2. The summed E-state index contributed by atoms with van der Waals surface area (Å²) < 4.78 is 39.2. The molecule has 1 atom stereocenters. The first-order chi connectivity index (χ1) is 10.5. The van der Waals surface area contributed by atoms with Crippen LogP contribution >= 0.6 is 15.9 Å². The van der Waals surface area contributed by atoms with E-state index in [1.54, 1.807) is 20.8 Å². The van der Waals surface area contributed by atoms with Crippen LogP contribution in [-0.2, 0) is 4.74 Å². The highest BCUT2D eigenvalue weighted by Crippen LogP contribution is 2.34. The van der Waals surface area contributed by atoms with Gasteiger partial charge in [0.25, 0.3) is 0 Å². The van der Waals surface area contributed by atoms with Crippen LogP contribution in [0, 0.1) is 0 Å². The molecule has 0 aromatic carbocycles. The van der Waals surface area contributed by atoms with E-state index in [0.717, 1.165) is 4.90 Å². The molecule has 1 aromatic heterocycles. The van der Waals surface area contributed by atoms with Crippen molar-refractivity contribution in [3.63, 3.8) is 0 Å². The first kappa shape index (κ1) is 17.7. The summed E-state index contributed by atoms with van der Waals surface area (Å²) in [6.45, 7) is 3.94. The zero-order chi connectivity index (χ0) is 17.4. The lowest BCUT2D eigenvalue weighted by molar-refractivity contribution is -0.0622. The molecule has 0 saturated carbocycles. The Morgan fingerprint density at radius 3 is 2.78 bits per heavy atom. The number of ether oxygens (including phenoxy) is 2. The minimum absolute atomic E-state index is 0.000261. The highest BCUT2D eigenvalue weighted by molar-refractivity contribution is 9.10. The number of amides is 1. The van der Waals surface area contributed by atoms with Gasteiger partial charge in [-0.2, -0.15) is 0 Å². The Morgan fingerprint density at radius 2 is 2.17 bits per heavy atom. The van der Waals surface area contributed by atoms with Crippen LogP contribution < -0.4 is 10.5 Å². The third-order valence-corrected chi connectivity index (χ3v) is 3.46. The molecule has 0 unspecified atom stereocenters. The van der Waals surface area contributed by atoms with Crippen LogP contribution in [0.15, 0.2) is 16.7 Å². The fourth-order valence-electron chi connectivity index (χ4n) is 2.02. The van der Waals surface area contributed by atoms with E-state index in [4.69, 9.17) is 15.2 Å². The SMILES string of the molecule is CC(C)(C)OC(=O)N1C[C@H](Oc2cc(Br)cnc2N)C(F)(F)C1. The zero-order valence-electron chi connectivity index (χ0n) is 13.0. The summed E-state index contributed by atoms with van der Waals surface area (Å²) >= 11 is 3.17. The fourth-order valence-corrected chi connectivity index (χ4v) is 2.33. The monoisotopic (exact) mass is 393 g/mol. The number of likely N-dealkylation sites (tertiary alicyclic amines) is 1. The predicted octanol–water partition coefficient (Wildman–Crippen LogP) is 3.06. The van der Waals surface area contributed by atoms with Crippen molar-refractivity contribution in [1.82, 2.24) is 9.88 Å². The smallest absolute Gasteiger partial charge is 0.410 e. The molecule has 0 bridgehead atoms. The molecule has 1 amide bonds. The second-order valence-electron chi connectivity index (χ2n) is 6.27. The van der Waals surface area contributed by atoms with Crippen molar-refractivity contribution in [2.75, 3.05) is 18.8 Å².